The fourth-order valence-electron chi connectivity index (χ4n) is 3.72. The summed E-state index contributed by atoms with van der Waals surface area (Å²) < 4.78 is 26.0. The summed E-state index contributed by atoms with van der Waals surface area (Å²) in [6.45, 7) is 0.372. The van der Waals surface area contributed by atoms with Crippen molar-refractivity contribution in [3.63, 3.8) is 0 Å². The molecule has 2 aromatic rings. The Labute approximate surface area is 192 Å². The van der Waals surface area contributed by atoms with Crippen molar-refractivity contribution in [3.05, 3.63) is 77.1 Å². The minimum Gasteiger partial charge on any atom is -0.497 e. The lowest BCUT2D eigenvalue weighted by molar-refractivity contribution is -0.137. The molecular weight excluding hydrogens is 426 g/mol. The smallest absolute Gasteiger partial charge is 0.336 e. The van der Waals surface area contributed by atoms with E-state index < -0.39 is 17.9 Å². The third-order valence-electron chi connectivity index (χ3n) is 5.34. The monoisotopic (exact) mass is 453 g/mol. The first kappa shape index (κ1) is 23.7. The fourth-order valence-corrected chi connectivity index (χ4v) is 3.72. The molecule has 0 radical (unpaired) electrons. The molecule has 0 unspecified atom stereocenters. The molecule has 3 rings (SSSR count). The summed E-state index contributed by atoms with van der Waals surface area (Å²) in [5.41, 5.74) is 2.24. The lowest BCUT2D eigenvalue weighted by Gasteiger charge is -2.30. The van der Waals surface area contributed by atoms with Crippen LogP contribution in [0.1, 0.15) is 17.0 Å². The van der Waals surface area contributed by atoms with Crippen molar-refractivity contribution in [2.45, 2.75) is 12.5 Å². The zero-order chi connectivity index (χ0) is 24.0. The van der Waals surface area contributed by atoms with Crippen LogP contribution in [-0.4, -0.2) is 52.4 Å². The predicted molar refractivity (Wildman–Crippen MR) is 121 cm³/mol. The molecule has 1 heterocycles. The van der Waals surface area contributed by atoms with Gasteiger partial charge in [-0.2, -0.15) is 0 Å². The Bertz CT molecular complexity index is 1040. The number of rotatable bonds is 8. The second-order valence-corrected chi connectivity index (χ2v) is 7.22. The number of carbonyl (C=O) groups is 2. The first-order valence-corrected chi connectivity index (χ1v) is 10.2. The minimum atomic E-state index is -0.655. The van der Waals surface area contributed by atoms with Gasteiger partial charge in [0.25, 0.3) is 0 Å². The van der Waals surface area contributed by atoms with Gasteiger partial charge >= 0.3 is 11.9 Å². The lowest BCUT2D eigenvalue weighted by atomic mass is 9.83. The lowest BCUT2D eigenvalue weighted by Crippen LogP contribution is -2.28. The first-order chi connectivity index (χ1) is 15.9. The van der Waals surface area contributed by atoms with E-state index in [4.69, 9.17) is 23.7 Å². The van der Waals surface area contributed by atoms with E-state index in [1.165, 1.54) is 14.2 Å². The molecule has 0 spiro atoms. The number of hydrogen-bond donors (Lipinski definition) is 0. The SMILES string of the molecule is COC(=O)C1=CN(Cc2ccc(OC)c(OC)c2)C=C(C(=O)OC)C1c1ccc(OC)cc1. The summed E-state index contributed by atoms with van der Waals surface area (Å²) in [7, 11) is 7.32. The second-order valence-electron chi connectivity index (χ2n) is 7.22. The third kappa shape index (κ3) is 5.11. The van der Waals surface area contributed by atoms with Gasteiger partial charge in [-0.1, -0.05) is 18.2 Å². The molecule has 8 heteroatoms. The van der Waals surface area contributed by atoms with Gasteiger partial charge in [-0.05, 0) is 35.4 Å². The highest BCUT2D eigenvalue weighted by atomic mass is 16.5. The molecule has 0 aliphatic carbocycles. The van der Waals surface area contributed by atoms with Gasteiger partial charge in [0, 0.05) is 18.9 Å². The van der Waals surface area contributed by atoms with E-state index in [0.29, 0.717) is 34.9 Å². The van der Waals surface area contributed by atoms with Crippen LogP contribution in [0.5, 0.6) is 17.2 Å². The number of benzene rings is 2. The Morgan fingerprint density at radius 2 is 1.33 bits per heavy atom. The summed E-state index contributed by atoms with van der Waals surface area (Å²) in [6.07, 6.45) is 3.37. The number of methoxy groups -OCH3 is 5. The average molecular weight is 453 g/mol. The fraction of sp³-hybridized carbons (Fsp3) is 0.280. The predicted octanol–water partition coefficient (Wildman–Crippen LogP) is 3.43. The van der Waals surface area contributed by atoms with Gasteiger partial charge in [0.2, 0.25) is 0 Å². The van der Waals surface area contributed by atoms with E-state index in [2.05, 4.69) is 0 Å². The van der Waals surface area contributed by atoms with Crippen molar-refractivity contribution in [1.29, 1.82) is 0 Å². The number of carbonyl (C=O) groups excluding carboxylic acids is 2. The standard InChI is InChI=1S/C25H27NO7/c1-29-18-9-7-17(8-10-18)23-19(24(27)32-4)14-26(15-20(23)25(28)33-5)13-16-6-11-21(30-2)22(12-16)31-3/h6-12,14-15,23H,13H2,1-5H3. The molecule has 174 valence electrons. The van der Waals surface area contributed by atoms with Crippen LogP contribution in [-0.2, 0) is 25.6 Å². The average Bonchev–Trinajstić information content (AvgIpc) is 2.87. The Morgan fingerprint density at radius 3 is 1.82 bits per heavy atom. The zero-order valence-electron chi connectivity index (χ0n) is 19.3. The number of ether oxygens (including phenoxy) is 5. The van der Waals surface area contributed by atoms with Crippen LogP contribution in [0, 0.1) is 0 Å². The van der Waals surface area contributed by atoms with Crippen LogP contribution in [0.15, 0.2) is 66.0 Å². The van der Waals surface area contributed by atoms with E-state index in [1.807, 2.05) is 12.1 Å². The minimum absolute atomic E-state index is 0.311. The van der Waals surface area contributed by atoms with Crippen LogP contribution in [0.25, 0.3) is 0 Å². The Morgan fingerprint density at radius 1 is 0.758 bits per heavy atom. The van der Waals surface area contributed by atoms with Gasteiger partial charge in [0.15, 0.2) is 11.5 Å². The molecule has 0 N–H and O–H groups in total. The Balaban J connectivity index is 2.04. The van der Waals surface area contributed by atoms with Crippen LogP contribution in [0.3, 0.4) is 0 Å². The van der Waals surface area contributed by atoms with Crippen molar-refractivity contribution < 1.29 is 33.3 Å². The van der Waals surface area contributed by atoms with Crippen molar-refractivity contribution in [1.82, 2.24) is 4.90 Å². The van der Waals surface area contributed by atoms with Crippen LogP contribution < -0.4 is 14.2 Å². The molecule has 0 fully saturated rings. The van der Waals surface area contributed by atoms with E-state index in [9.17, 15) is 9.59 Å². The third-order valence-corrected chi connectivity index (χ3v) is 5.34. The maximum absolute atomic E-state index is 12.8. The van der Waals surface area contributed by atoms with Crippen molar-refractivity contribution in [2.24, 2.45) is 0 Å². The maximum Gasteiger partial charge on any atom is 0.336 e. The van der Waals surface area contributed by atoms with Gasteiger partial charge in [0.05, 0.1) is 52.6 Å². The highest BCUT2D eigenvalue weighted by Gasteiger charge is 2.35. The number of esters is 2. The van der Waals surface area contributed by atoms with Crippen molar-refractivity contribution in [2.75, 3.05) is 35.5 Å². The first-order valence-electron chi connectivity index (χ1n) is 10.2. The van der Waals surface area contributed by atoms with Gasteiger partial charge in [-0.25, -0.2) is 9.59 Å². The molecule has 0 atom stereocenters. The van der Waals surface area contributed by atoms with Crippen molar-refractivity contribution >= 4 is 11.9 Å². The maximum atomic E-state index is 12.8. The van der Waals surface area contributed by atoms with Gasteiger partial charge in [-0.15, -0.1) is 0 Å². The zero-order valence-corrected chi connectivity index (χ0v) is 19.3. The summed E-state index contributed by atoms with van der Waals surface area (Å²) in [5, 5.41) is 0. The summed E-state index contributed by atoms with van der Waals surface area (Å²) in [6, 6.07) is 12.7. The largest absolute Gasteiger partial charge is 0.497 e. The molecule has 1 aliphatic heterocycles. The van der Waals surface area contributed by atoms with Crippen molar-refractivity contribution in [3.8, 4) is 17.2 Å². The van der Waals surface area contributed by atoms with Crippen LogP contribution in [0.4, 0.5) is 0 Å². The summed E-state index contributed by atoms with van der Waals surface area (Å²) in [5.74, 6) is 0.119. The second kappa shape index (κ2) is 10.6. The molecule has 2 aromatic carbocycles. The van der Waals surface area contributed by atoms with Gasteiger partial charge in [0.1, 0.15) is 5.75 Å². The molecular formula is C25H27NO7. The van der Waals surface area contributed by atoms with E-state index in [1.54, 1.807) is 69.0 Å². The molecule has 0 saturated heterocycles. The molecule has 0 saturated carbocycles. The molecule has 0 aromatic heterocycles. The molecule has 0 amide bonds. The van der Waals surface area contributed by atoms with E-state index in [-0.39, 0.29) is 0 Å². The Kier molecular flexibility index (Phi) is 7.61. The van der Waals surface area contributed by atoms with Crippen LogP contribution in [0.2, 0.25) is 0 Å². The van der Waals surface area contributed by atoms with Gasteiger partial charge < -0.3 is 28.6 Å². The normalized spacial score (nSPS) is 13.5. The number of hydrogen-bond acceptors (Lipinski definition) is 8. The molecule has 1 aliphatic rings. The molecule has 33 heavy (non-hydrogen) atoms. The quantitative estimate of drug-likeness (QED) is 0.563. The highest BCUT2D eigenvalue weighted by Crippen LogP contribution is 2.38. The van der Waals surface area contributed by atoms with E-state index in [0.717, 1.165) is 11.1 Å². The topological polar surface area (TPSA) is 83.5 Å². The molecule has 8 nitrogen and oxygen atoms in total. The van der Waals surface area contributed by atoms with E-state index >= 15 is 0 Å². The Hall–Kier alpha value is -3.94. The van der Waals surface area contributed by atoms with Gasteiger partial charge in [-0.3, -0.25) is 0 Å². The number of nitrogens with zero attached hydrogens (tertiary/aromatic N) is 1. The summed E-state index contributed by atoms with van der Waals surface area (Å²) >= 11 is 0. The van der Waals surface area contributed by atoms with Crippen LogP contribution >= 0.6 is 0 Å². The highest BCUT2D eigenvalue weighted by molar-refractivity contribution is 5.98. The molecule has 0 bridgehead atoms. The summed E-state index contributed by atoms with van der Waals surface area (Å²) in [4.78, 5) is 27.3.